The first-order valence-electron chi connectivity index (χ1n) is 11.1. The third kappa shape index (κ3) is 4.33. The van der Waals surface area contributed by atoms with Crippen molar-refractivity contribution in [3.63, 3.8) is 0 Å². The molecular weight excluding hydrogens is 436 g/mol. The van der Waals surface area contributed by atoms with Crippen LogP contribution in [0.25, 0.3) is 12.2 Å². The number of carbonyl (C=O) groups excluding carboxylic acids is 1. The lowest BCUT2D eigenvalue weighted by molar-refractivity contribution is 0.0594. The summed E-state index contributed by atoms with van der Waals surface area (Å²) in [7, 11) is 1.61. The van der Waals surface area contributed by atoms with Crippen molar-refractivity contribution in [2.45, 2.75) is 18.9 Å². The number of pyridine rings is 1. The molecule has 33 heavy (non-hydrogen) atoms. The predicted molar refractivity (Wildman–Crippen MR) is 131 cm³/mol. The topological polar surface area (TPSA) is 51.5 Å². The third-order valence-corrected chi connectivity index (χ3v) is 6.82. The molecule has 2 aliphatic heterocycles. The maximum atomic E-state index is 13.2. The molecule has 2 atom stereocenters. The van der Waals surface area contributed by atoms with E-state index in [9.17, 15) is 9.59 Å². The van der Waals surface area contributed by atoms with E-state index >= 15 is 0 Å². The van der Waals surface area contributed by atoms with Crippen LogP contribution in [-0.4, -0.2) is 35.6 Å². The number of nitrogens with zero attached hydrogens (tertiary/aromatic N) is 2. The monoisotopic (exact) mass is 460 g/mol. The molecule has 1 saturated heterocycles. The summed E-state index contributed by atoms with van der Waals surface area (Å²) in [5.74, 6) is 1.15. The molecule has 2 bridgehead atoms. The Hall–Kier alpha value is -3.31. The van der Waals surface area contributed by atoms with Crippen LogP contribution in [0.4, 0.5) is 0 Å². The highest BCUT2D eigenvalue weighted by Crippen LogP contribution is 2.37. The average molecular weight is 461 g/mol. The van der Waals surface area contributed by atoms with Gasteiger partial charge in [0.2, 0.25) is 0 Å². The van der Waals surface area contributed by atoms with Crippen molar-refractivity contribution in [3.05, 3.63) is 98.4 Å². The third-order valence-electron chi connectivity index (χ3n) is 6.57. The van der Waals surface area contributed by atoms with Gasteiger partial charge in [-0.3, -0.25) is 9.59 Å². The second kappa shape index (κ2) is 8.91. The molecule has 0 unspecified atom stereocenters. The number of benzene rings is 2. The maximum Gasteiger partial charge on any atom is 0.253 e. The first-order chi connectivity index (χ1) is 16.0. The van der Waals surface area contributed by atoms with Crippen LogP contribution in [0.3, 0.4) is 0 Å². The fraction of sp³-hybridized carbons (Fsp3) is 0.259. The number of ether oxygens (including phenoxy) is 1. The van der Waals surface area contributed by atoms with Gasteiger partial charge in [0.15, 0.2) is 0 Å². The van der Waals surface area contributed by atoms with Crippen LogP contribution in [0, 0.1) is 5.92 Å². The second-order valence-electron chi connectivity index (χ2n) is 8.74. The maximum absolute atomic E-state index is 13.2. The second-order valence-corrected chi connectivity index (χ2v) is 9.18. The van der Waals surface area contributed by atoms with Gasteiger partial charge in [-0.1, -0.05) is 35.9 Å². The molecule has 2 aromatic carbocycles. The number of hydrogen-bond donors (Lipinski definition) is 0. The number of aromatic nitrogens is 1. The molecule has 0 saturated carbocycles. The van der Waals surface area contributed by atoms with Gasteiger partial charge in [0, 0.05) is 47.9 Å². The standard InChI is InChI=1S/C27H25ClN2O3/c1-33-24-11-6-21(7-12-24)27(32)29-15-19-14-22(17-29)26-20(8-13-25(31)30(26)16-19)5-2-18-3-9-23(28)10-4-18/h2-13,19,22H,14-17H2,1H3/b5-2+/t19-,22+/m0/s1. The van der Waals surface area contributed by atoms with Gasteiger partial charge < -0.3 is 14.2 Å². The Morgan fingerprint density at radius 3 is 2.45 bits per heavy atom. The molecular formula is C27H25ClN2O3. The minimum Gasteiger partial charge on any atom is -0.497 e. The first-order valence-corrected chi connectivity index (χ1v) is 11.5. The summed E-state index contributed by atoms with van der Waals surface area (Å²) in [6, 6.07) is 18.4. The number of fused-ring (bicyclic) bond motifs is 4. The van der Waals surface area contributed by atoms with Gasteiger partial charge in [-0.25, -0.2) is 0 Å². The van der Waals surface area contributed by atoms with Crippen LogP contribution in [0.2, 0.25) is 5.02 Å². The molecule has 3 aromatic rings. The molecule has 168 valence electrons. The number of likely N-dealkylation sites (tertiary alicyclic amines) is 1. The van der Waals surface area contributed by atoms with E-state index in [2.05, 4.69) is 6.08 Å². The number of carbonyl (C=O) groups is 1. The highest BCUT2D eigenvalue weighted by molar-refractivity contribution is 6.30. The SMILES string of the molecule is COc1ccc(C(=O)N2C[C@@H]3C[C@H](C2)c2c(/C=C/c4ccc(Cl)cc4)ccc(=O)n2C3)cc1. The van der Waals surface area contributed by atoms with Crippen LogP contribution in [0.5, 0.6) is 5.75 Å². The van der Waals surface area contributed by atoms with Crippen molar-refractivity contribution in [3.8, 4) is 5.75 Å². The van der Waals surface area contributed by atoms with E-state index in [-0.39, 0.29) is 23.3 Å². The van der Waals surface area contributed by atoms with E-state index in [1.54, 1.807) is 13.2 Å². The Morgan fingerprint density at radius 1 is 0.970 bits per heavy atom. The molecule has 5 rings (SSSR count). The summed E-state index contributed by atoms with van der Waals surface area (Å²) in [5.41, 5.74) is 3.77. The smallest absolute Gasteiger partial charge is 0.253 e. The Labute approximate surface area is 197 Å². The molecule has 3 heterocycles. The quantitative estimate of drug-likeness (QED) is 0.554. The lowest BCUT2D eigenvalue weighted by Crippen LogP contribution is -2.49. The minimum atomic E-state index is 0.0253. The van der Waals surface area contributed by atoms with Crippen molar-refractivity contribution >= 4 is 29.7 Å². The summed E-state index contributed by atoms with van der Waals surface area (Å²) in [4.78, 5) is 27.9. The van der Waals surface area contributed by atoms with E-state index in [1.807, 2.05) is 70.1 Å². The molecule has 0 radical (unpaired) electrons. The van der Waals surface area contributed by atoms with E-state index < -0.39 is 0 Å². The highest BCUT2D eigenvalue weighted by Gasteiger charge is 2.37. The van der Waals surface area contributed by atoms with Crippen LogP contribution < -0.4 is 10.3 Å². The van der Waals surface area contributed by atoms with Crippen molar-refractivity contribution in [1.82, 2.24) is 9.47 Å². The van der Waals surface area contributed by atoms with Gasteiger partial charge in [0.25, 0.3) is 11.5 Å². The summed E-state index contributed by atoms with van der Waals surface area (Å²) < 4.78 is 7.12. The zero-order valence-electron chi connectivity index (χ0n) is 18.4. The number of piperidine rings is 1. The molecule has 2 aliphatic rings. The van der Waals surface area contributed by atoms with Crippen molar-refractivity contribution in [2.75, 3.05) is 20.2 Å². The van der Waals surface area contributed by atoms with Crippen molar-refractivity contribution in [1.29, 1.82) is 0 Å². The van der Waals surface area contributed by atoms with E-state index in [4.69, 9.17) is 16.3 Å². The number of methoxy groups -OCH3 is 1. The Balaban J connectivity index is 1.44. The number of halogens is 1. The predicted octanol–water partition coefficient (Wildman–Crippen LogP) is 4.94. The minimum absolute atomic E-state index is 0.0253. The van der Waals surface area contributed by atoms with Gasteiger partial charge in [0.1, 0.15) is 5.75 Å². The molecule has 0 N–H and O–H groups in total. The Morgan fingerprint density at radius 2 is 1.73 bits per heavy atom. The van der Waals surface area contributed by atoms with Crippen molar-refractivity contribution in [2.24, 2.45) is 5.92 Å². The summed E-state index contributed by atoms with van der Waals surface area (Å²) in [6.45, 7) is 1.91. The summed E-state index contributed by atoms with van der Waals surface area (Å²) in [5, 5.41) is 0.700. The van der Waals surface area contributed by atoms with Crippen LogP contribution in [0.1, 0.15) is 39.5 Å². The first kappa shape index (κ1) is 21.5. The summed E-state index contributed by atoms with van der Waals surface area (Å²) in [6.07, 6.45) is 5.07. The van der Waals surface area contributed by atoms with E-state index in [0.717, 1.165) is 29.0 Å². The number of amides is 1. The molecule has 5 nitrogen and oxygen atoms in total. The van der Waals surface area contributed by atoms with Crippen LogP contribution in [-0.2, 0) is 6.54 Å². The molecule has 6 heteroatoms. The van der Waals surface area contributed by atoms with E-state index in [0.29, 0.717) is 30.2 Å². The highest BCUT2D eigenvalue weighted by atomic mass is 35.5. The fourth-order valence-electron chi connectivity index (χ4n) is 5.03. The Kier molecular flexibility index (Phi) is 5.81. The van der Waals surface area contributed by atoms with Gasteiger partial charge in [-0.2, -0.15) is 0 Å². The molecule has 1 fully saturated rings. The lowest BCUT2D eigenvalue weighted by Gasteiger charge is -2.43. The molecule has 1 aromatic heterocycles. The molecule has 1 amide bonds. The average Bonchev–Trinajstić information content (AvgIpc) is 2.84. The lowest BCUT2D eigenvalue weighted by atomic mass is 9.81. The van der Waals surface area contributed by atoms with E-state index in [1.165, 1.54) is 0 Å². The zero-order chi connectivity index (χ0) is 22.9. The van der Waals surface area contributed by atoms with Crippen LogP contribution >= 0.6 is 11.6 Å². The largest absolute Gasteiger partial charge is 0.497 e. The van der Waals surface area contributed by atoms with Gasteiger partial charge in [-0.15, -0.1) is 0 Å². The zero-order valence-corrected chi connectivity index (χ0v) is 19.2. The van der Waals surface area contributed by atoms with Crippen molar-refractivity contribution < 1.29 is 9.53 Å². The summed E-state index contributed by atoms with van der Waals surface area (Å²) >= 11 is 6.00. The van der Waals surface area contributed by atoms with Gasteiger partial charge >= 0.3 is 0 Å². The fourth-order valence-corrected chi connectivity index (χ4v) is 5.16. The van der Waals surface area contributed by atoms with Gasteiger partial charge in [-0.05, 0) is 65.9 Å². The normalized spacial score (nSPS) is 19.4. The molecule has 0 spiro atoms. The number of hydrogen-bond acceptors (Lipinski definition) is 3. The van der Waals surface area contributed by atoms with Gasteiger partial charge in [0.05, 0.1) is 7.11 Å². The van der Waals surface area contributed by atoms with Crippen LogP contribution in [0.15, 0.2) is 65.5 Å². The number of rotatable bonds is 4. The Bertz CT molecular complexity index is 1260. The molecule has 0 aliphatic carbocycles.